The second-order valence-electron chi connectivity index (χ2n) is 9.77. The Kier molecular flexibility index (Phi) is 6.77. The number of ether oxygens (including phenoxy) is 2. The van der Waals surface area contributed by atoms with E-state index in [0.29, 0.717) is 37.1 Å². The Bertz CT molecular complexity index is 926. The molecule has 0 spiro atoms. The number of hydrogen-bond acceptors (Lipinski definition) is 5. The predicted octanol–water partition coefficient (Wildman–Crippen LogP) is 3.28. The Morgan fingerprint density at radius 1 is 1.12 bits per heavy atom. The summed E-state index contributed by atoms with van der Waals surface area (Å²) in [6, 6.07) is 5.67. The van der Waals surface area contributed by atoms with E-state index in [0.717, 1.165) is 18.4 Å². The molecule has 1 saturated carbocycles. The molecule has 3 amide bonds. The molecule has 3 aliphatic rings. The van der Waals surface area contributed by atoms with Gasteiger partial charge in [0.15, 0.2) is 11.5 Å². The first kappa shape index (κ1) is 23.3. The first-order valence-corrected chi connectivity index (χ1v) is 11.9. The number of imide groups is 1. The van der Waals surface area contributed by atoms with Crippen LogP contribution in [0.25, 0.3) is 0 Å². The molecule has 4 unspecified atom stereocenters. The average molecular weight is 455 g/mol. The lowest BCUT2D eigenvalue weighted by atomic mass is 9.85. The molecule has 4 atom stereocenters. The first-order valence-electron chi connectivity index (χ1n) is 11.9. The summed E-state index contributed by atoms with van der Waals surface area (Å²) in [5.74, 6) is 0.861. The predicted molar refractivity (Wildman–Crippen MR) is 123 cm³/mol. The van der Waals surface area contributed by atoms with E-state index in [-0.39, 0.29) is 47.9 Å². The van der Waals surface area contributed by atoms with E-state index in [1.54, 1.807) is 12.0 Å². The van der Waals surface area contributed by atoms with E-state index in [2.05, 4.69) is 26.0 Å². The standard InChI is InChI=1S/C26H34N2O5/c1-5-10-27(13-17-6-9-20(21(11-17)32-4)33-15-16(2)3)22(29)14-28-25(30)23-18-7-8-19(12-18)24(23)26(28)31/h6-9,11,16,18-19,23-24H,5,10,12-15H2,1-4H3. The number of hydrogen-bond donors (Lipinski definition) is 0. The summed E-state index contributed by atoms with van der Waals surface area (Å²) >= 11 is 0. The minimum atomic E-state index is -0.275. The van der Waals surface area contributed by atoms with Crippen molar-refractivity contribution in [2.45, 2.75) is 40.2 Å². The van der Waals surface area contributed by atoms with E-state index in [9.17, 15) is 14.4 Å². The monoisotopic (exact) mass is 454 g/mol. The molecule has 1 aliphatic heterocycles. The van der Waals surface area contributed by atoms with Crippen LogP contribution < -0.4 is 9.47 Å². The van der Waals surface area contributed by atoms with E-state index < -0.39 is 0 Å². The van der Waals surface area contributed by atoms with Gasteiger partial charge in [-0.05, 0) is 48.3 Å². The van der Waals surface area contributed by atoms with Crippen molar-refractivity contribution in [2.24, 2.45) is 29.6 Å². The number of likely N-dealkylation sites (tertiary alicyclic amines) is 1. The van der Waals surface area contributed by atoms with Crippen molar-refractivity contribution >= 4 is 17.7 Å². The van der Waals surface area contributed by atoms with Gasteiger partial charge < -0.3 is 14.4 Å². The fourth-order valence-corrected chi connectivity index (χ4v) is 5.32. The van der Waals surface area contributed by atoms with Gasteiger partial charge in [-0.2, -0.15) is 0 Å². The molecule has 33 heavy (non-hydrogen) atoms. The van der Waals surface area contributed by atoms with Gasteiger partial charge in [0.25, 0.3) is 0 Å². The summed E-state index contributed by atoms with van der Waals surface area (Å²) < 4.78 is 11.3. The van der Waals surface area contributed by atoms with Crippen molar-refractivity contribution in [1.82, 2.24) is 9.80 Å². The maximum Gasteiger partial charge on any atom is 0.243 e. The highest BCUT2D eigenvalue weighted by Gasteiger charge is 2.59. The van der Waals surface area contributed by atoms with Gasteiger partial charge in [0.1, 0.15) is 6.54 Å². The fraction of sp³-hybridized carbons (Fsp3) is 0.577. The summed E-state index contributed by atoms with van der Waals surface area (Å²) in [6.07, 6.45) is 5.79. The number of nitrogens with zero attached hydrogens (tertiary/aromatic N) is 2. The Hall–Kier alpha value is -2.83. The van der Waals surface area contributed by atoms with Crippen LogP contribution >= 0.6 is 0 Å². The van der Waals surface area contributed by atoms with E-state index >= 15 is 0 Å². The zero-order chi connectivity index (χ0) is 23.7. The Labute approximate surface area is 195 Å². The Morgan fingerprint density at radius 3 is 2.36 bits per heavy atom. The summed E-state index contributed by atoms with van der Waals surface area (Å²) in [6.45, 7) is 7.50. The molecule has 1 aromatic rings. The molecule has 0 N–H and O–H groups in total. The molecule has 2 aliphatic carbocycles. The van der Waals surface area contributed by atoms with Crippen LogP contribution in [0.15, 0.2) is 30.4 Å². The zero-order valence-electron chi connectivity index (χ0n) is 20.0. The quantitative estimate of drug-likeness (QED) is 0.401. The molecule has 2 fully saturated rings. The summed E-state index contributed by atoms with van der Waals surface area (Å²) in [5, 5.41) is 0. The van der Waals surface area contributed by atoms with Gasteiger partial charge in [-0.15, -0.1) is 0 Å². The number of rotatable bonds is 10. The molecule has 1 aromatic carbocycles. The lowest BCUT2D eigenvalue weighted by molar-refractivity contribution is -0.147. The molecule has 7 nitrogen and oxygen atoms in total. The number of fused-ring (bicyclic) bond motifs is 5. The van der Waals surface area contributed by atoms with Crippen molar-refractivity contribution < 1.29 is 23.9 Å². The number of allylic oxidation sites excluding steroid dienone is 2. The van der Waals surface area contributed by atoms with E-state index in [1.807, 2.05) is 25.1 Å². The Morgan fingerprint density at radius 2 is 1.79 bits per heavy atom. The topological polar surface area (TPSA) is 76.2 Å². The summed E-state index contributed by atoms with van der Waals surface area (Å²) in [7, 11) is 1.60. The lowest BCUT2D eigenvalue weighted by Crippen LogP contribution is -2.43. The minimum Gasteiger partial charge on any atom is -0.493 e. The number of carbonyl (C=O) groups excluding carboxylic acids is 3. The van der Waals surface area contributed by atoms with E-state index in [1.165, 1.54) is 4.90 Å². The molecule has 0 aromatic heterocycles. The number of benzene rings is 1. The molecule has 7 heteroatoms. The van der Waals surface area contributed by atoms with Crippen LogP contribution in [0.2, 0.25) is 0 Å². The SMILES string of the molecule is CCCN(Cc1ccc(OCC(C)C)c(OC)c1)C(=O)CN1C(=O)C2C3C=CC(C3)C2C1=O. The summed E-state index contributed by atoms with van der Waals surface area (Å²) in [4.78, 5) is 42.0. The van der Waals surface area contributed by atoms with Crippen LogP contribution in [0.5, 0.6) is 11.5 Å². The normalized spacial score (nSPS) is 25.2. The minimum absolute atomic E-state index is 0.146. The zero-order valence-corrected chi connectivity index (χ0v) is 20.0. The van der Waals surface area contributed by atoms with Crippen LogP contribution in [-0.2, 0) is 20.9 Å². The third-order valence-corrected chi connectivity index (χ3v) is 6.87. The van der Waals surface area contributed by atoms with E-state index in [4.69, 9.17) is 9.47 Å². The van der Waals surface area contributed by atoms with Crippen molar-refractivity contribution in [3.8, 4) is 11.5 Å². The van der Waals surface area contributed by atoms with Crippen LogP contribution in [0.4, 0.5) is 0 Å². The second kappa shape index (κ2) is 9.57. The lowest BCUT2D eigenvalue weighted by Gasteiger charge is -2.25. The van der Waals surface area contributed by atoms with Gasteiger partial charge in [0.05, 0.1) is 25.6 Å². The molecular weight excluding hydrogens is 420 g/mol. The molecule has 1 heterocycles. The van der Waals surface area contributed by atoms with Gasteiger partial charge in [-0.25, -0.2) is 0 Å². The first-order chi connectivity index (χ1) is 15.8. The third-order valence-electron chi connectivity index (χ3n) is 6.87. The van der Waals surface area contributed by atoms with Crippen molar-refractivity contribution in [3.05, 3.63) is 35.9 Å². The van der Waals surface area contributed by atoms with Crippen molar-refractivity contribution in [2.75, 3.05) is 26.8 Å². The fourth-order valence-electron chi connectivity index (χ4n) is 5.32. The number of amides is 3. The third kappa shape index (κ3) is 4.50. The number of carbonyl (C=O) groups is 3. The summed E-state index contributed by atoms with van der Waals surface area (Å²) in [5.41, 5.74) is 0.906. The van der Waals surface area contributed by atoms with Gasteiger partial charge in [-0.3, -0.25) is 19.3 Å². The van der Waals surface area contributed by atoms with Gasteiger partial charge in [0.2, 0.25) is 17.7 Å². The number of methoxy groups -OCH3 is 1. The average Bonchev–Trinajstić information content (AvgIpc) is 3.47. The maximum absolute atomic E-state index is 13.2. The molecule has 0 radical (unpaired) electrons. The smallest absolute Gasteiger partial charge is 0.243 e. The van der Waals surface area contributed by atoms with Gasteiger partial charge in [0, 0.05) is 13.1 Å². The van der Waals surface area contributed by atoms with Crippen molar-refractivity contribution in [3.63, 3.8) is 0 Å². The van der Waals surface area contributed by atoms with Crippen LogP contribution in [0, 0.1) is 29.6 Å². The largest absolute Gasteiger partial charge is 0.493 e. The highest BCUT2D eigenvalue weighted by atomic mass is 16.5. The molecule has 178 valence electrons. The molecule has 2 bridgehead atoms. The van der Waals surface area contributed by atoms with Gasteiger partial charge >= 0.3 is 0 Å². The molecule has 4 rings (SSSR count). The van der Waals surface area contributed by atoms with Crippen LogP contribution in [-0.4, -0.2) is 54.3 Å². The highest BCUT2D eigenvalue weighted by Crippen LogP contribution is 2.52. The van der Waals surface area contributed by atoms with Crippen LogP contribution in [0.1, 0.15) is 39.2 Å². The van der Waals surface area contributed by atoms with Gasteiger partial charge in [-0.1, -0.05) is 39.0 Å². The van der Waals surface area contributed by atoms with Crippen molar-refractivity contribution in [1.29, 1.82) is 0 Å². The molecule has 1 saturated heterocycles. The highest BCUT2D eigenvalue weighted by molar-refractivity contribution is 6.08. The van der Waals surface area contributed by atoms with Crippen LogP contribution in [0.3, 0.4) is 0 Å². The second-order valence-corrected chi connectivity index (χ2v) is 9.77. The maximum atomic E-state index is 13.2. The molecular formula is C26H34N2O5. The Balaban J connectivity index is 1.44.